The average molecular weight is 584 g/mol. The number of nitrogens with zero attached hydrogens (tertiary/aromatic N) is 3. The minimum absolute atomic E-state index is 0.0244. The Morgan fingerprint density at radius 1 is 1.07 bits per heavy atom. The maximum absolute atomic E-state index is 13.0. The summed E-state index contributed by atoms with van der Waals surface area (Å²) < 4.78 is 37.9. The highest BCUT2D eigenvalue weighted by Crippen LogP contribution is 2.44. The van der Waals surface area contributed by atoms with Gasteiger partial charge in [-0.15, -0.1) is 0 Å². The van der Waals surface area contributed by atoms with E-state index in [4.69, 9.17) is 4.98 Å². The summed E-state index contributed by atoms with van der Waals surface area (Å²) in [5, 5.41) is 5.94. The number of rotatable bonds is 12. The van der Waals surface area contributed by atoms with Gasteiger partial charge in [0.1, 0.15) is 5.82 Å². The largest absolute Gasteiger partial charge is 0.345 e. The van der Waals surface area contributed by atoms with E-state index in [2.05, 4.69) is 15.6 Å². The summed E-state index contributed by atoms with van der Waals surface area (Å²) in [6.45, 7) is 7.28. The van der Waals surface area contributed by atoms with Crippen molar-refractivity contribution in [2.75, 3.05) is 43.7 Å². The molecule has 0 radical (unpaired) electrons. The van der Waals surface area contributed by atoms with Gasteiger partial charge in [0.2, 0.25) is 11.9 Å². The second-order valence-corrected chi connectivity index (χ2v) is 17.2. The number of benzene rings is 2. The van der Waals surface area contributed by atoms with Gasteiger partial charge in [-0.2, -0.15) is 4.98 Å². The van der Waals surface area contributed by atoms with E-state index < -0.39 is 22.2 Å². The van der Waals surface area contributed by atoms with Crippen LogP contribution in [0.15, 0.2) is 59.6 Å². The lowest BCUT2D eigenvalue weighted by molar-refractivity contribution is -0.128. The van der Waals surface area contributed by atoms with Gasteiger partial charge in [0.25, 0.3) is 0 Å². The summed E-state index contributed by atoms with van der Waals surface area (Å²) in [4.78, 5) is 23.7. The summed E-state index contributed by atoms with van der Waals surface area (Å²) in [7, 11) is -3.93. The van der Waals surface area contributed by atoms with E-state index in [0.29, 0.717) is 36.1 Å². The van der Waals surface area contributed by atoms with Crippen LogP contribution in [0, 0.1) is 0 Å². The molecule has 2 N–H and O–H groups in total. The van der Waals surface area contributed by atoms with Crippen molar-refractivity contribution in [3.05, 3.63) is 65.9 Å². The fraction of sp³-hybridized carbons (Fsp3) is 0.414. The van der Waals surface area contributed by atoms with Crippen molar-refractivity contribution >= 4 is 46.0 Å². The van der Waals surface area contributed by atoms with Gasteiger partial charge >= 0.3 is 0 Å². The molecule has 2 aromatic carbocycles. The number of carbonyl (C=O) groups is 1. The molecule has 1 fully saturated rings. The van der Waals surface area contributed by atoms with E-state index in [-0.39, 0.29) is 17.2 Å². The summed E-state index contributed by atoms with van der Waals surface area (Å²) in [6.07, 6.45) is 4.65. The van der Waals surface area contributed by atoms with Crippen LogP contribution in [0.1, 0.15) is 43.7 Å². The summed E-state index contributed by atoms with van der Waals surface area (Å²) in [6, 6.07) is 14.4. The molecule has 9 nitrogen and oxygen atoms in total. The zero-order chi connectivity index (χ0) is 29.1. The van der Waals surface area contributed by atoms with Crippen molar-refractivity contribution in [1.82, 2.24) is 14.9 Å². The second kappa shape index (κ2) is 12.1. The van der Waals surface area contributed by atoms with Crippen LogP contribution in [-0.4, -0.2) is 67.5 Å². The first-order valence-corrected chi connectivity index (χ1v) is 17.8. The topological polar surface area (TPSA) is 121 Å². The Morgan fingerprint density at radius 2 is 1.75 bits per heavy atom. The minimum atomic E-state index is -3.49. The quantitative estimate of drug-likeness (QED) is 0.263. The smallest absolute Gasteiger partial charge is 0.229 e. The van der Waals surface area contributed by atoms with Crippen molar-refractivity contribution in [3.8, 4) is 0 Å². The Kier molecular flexibility index (Phi) is 9.00. The number of aromatic nitrogens is 2. The summed E-state index contributed by atoms with van der Waals surface area (Å²) >= 11 is 0. The number of hydrogen-bond donors (Lipinski definition) is 2. The van der Waals surface area contributed by atoms with Crippen LogP contribution in [-0.2, 0) is 25.6 Å². The maximum atomic E-state index is 13.0. The Balaban J connectivity index is 1.49. The van der Waals surface area contributed by atoms with Crippen LogP contribution >= 0.6 is 7.14 Å². The van der Waals surface area contributed by atoms with Gasteiger partial charge < -0.3 is 20.1 Å². The van der Waals surface area contributed by atoms with E-state index in [0.717, 1.165) is 29.7 Å². The first-order chi connectivity index (χ1) is 18.8. The van der Waals surface area contributed by atoms with Crippen molar-refractivity contribution in [2.45, 2.75) is 49.2 Å². The molecule has 0 saturated heterocycles. The van der Waals surface area contributed by atoms with Crippen LogP contribution < -0.4 is 10.6 Å². The molecule has 3 aromatic rings. The third kappa shape index (κ3) is 7.70. The van der Waals surface area contributed by atoms with E-state index >= 15 is 0 Å². The molecule has 11 heteroatoms. The SMILES string of the molecule is CC(C)S(=O)(=O)c1ccccc1Nc1nc(Nc2ccc(CC(=O)N(C)CCP(C)(C)=O)cc2)ncc1C1CC1. The van der Waals surface area contributed by atoms with Crippen LogP contribution in [0.2, 0.25) is 0 Å². The number of sulfone groups is 1. The fourth-order valence-corrected chi connectivity index (χ4v) is 6.09. The Bertz CT molecular complexity index is 1520. The molecule has 1 heterocycles. The lowest BCUT2D eigenvalue weighted by atomic mass is 10.1. The summed E-state index contributed by atoms with van der Waals surface area (Å²) in [5.41, 5.74) is 3.08. The molecule has 1 amide bonds. The predicted octanol–water partition coefficient (Wildman–Crippen LogP) is 5.65. The van der Waals surface area contributed by atoms with E-state index in [9.17, 15) is 17.8 Å². The monoisotopic (exact) mass is 583 g/mol. The van der Waals surface area contributed by atoms with Crippen molar-refractivity contribution in [1.29, 1.82) is 0 Å². The average Bonchev–Trinajstić information content (AvgIpc) is 3.74. The molecule has 1 aliphatic rings. The molecule has 0 aliphatic heterocycles. The number of nitrogens with one attached hydrogen (secondary N) is 2. The van der Waals surface area contributed by atoms with Gasteiger partial charge in [-0.1, -0.05) is 24.3 Å². The zero-order valence-electron chi connectivity index (χ0n) is 23.7. The Labute approximate surface area is 237 Å². The highest BCUT2D eigenvalue weighted by Gasteiger charge is 2.29. The number of hydrogen-bond acceptors (Lipinski definition) is 8. The zero-order valence-corrected chi connectivity index (χ0v) is 25.4. The molecule has 4 rings (SSSR count). The van der Waals surface area contributed by atoms with Gasteiger partial charge in [-0.05, 0) is 75.8 Å². The molecule has 214 valence electrons. The number of likely N-dealkylation sites (N-methyl/N-ethyl adjacent to an activating group) is 1. The van der Waals surface area contributed by atoms with E-state index in [1.807, 2.05) is 24.3 Å². The van der Waals surface area contributed by atoms with Gasteiger partial charge in [0.15, 0.2) is 9.84 Å². The number of amides is 1. The molecular weight excluding hydrogens is 545 g/mol. The highest BCUT2D eigenvalue weighted by atomic mass is 32.2. The molecule has 1 aliphatic carbocycles. The van der Waals surface area contributed by atoms with Crippen molar-refractivity contribution in [3.63, 3.8) is 0 Å². The molecular formula is C29H38N5O4PS. The lowest BCUT2D eigenvalue weighted by Crippen LogP contribution is -2.30. The van der Waals surface area contributed by atoms with Gasteiger partial charge in [0.05, 0.1) is 29.4 Å². The molecule has 40 heavy (non-hydrogen) atoms. The normalized spacial score (nSPS) is 13.8. The van der Waals surface area contributed by atoms with Gasteiger partial charge in [0, 0.05) is 37.2 Å². The van der Waals surface area contributed by atoms with Crippen LogP contribution in [0.3, 0.4) is 0 Å². The first kappa shape index (κ1) is 29.7. The Morgan fingerprint density at radius 3 is 2.38 bits per heavy atom. The first-order valence-electron chi connectivity index (χ1n) is 13.4. The molecule has 0 atom stereocenters. The number of para-hydroxylation sites is 1. The van der Waals surface area contributed by atoms with Gasteiger partial charge in [-0.25, -0.2) is 13.4 Å². The predicted molar refractivity (Wildman–Crippen MR) is 161 cm³/mol. The number of anilines is 4. The maximum Gasteiger partial charge on any atom is 0.229 e. The fourth-order valence-electron chi connectivity index (χ4n) is 4.10. The van der Waals surface area contributed by atoms with Crippen molar-refractivity contribution in [2.24, 2.45) is 0 Å². The summed E-state index contributed by atoms with van der Waals surface area (Å²) in [5.74, 6) is 1.29. The molecule has 1 saturated carbocycles. The number of carbonyl (C=O) groups excluding carboxylic acids is 1. The van der Waals surface area contributed by atoms with Crippen LogP contribution in [0.25, 0.3) is 0 Å². The third-order valence-electron chi connectivity index (χ3n) is 6.87. The van der Waals surface area contributed by atoms with Crippen LogP contribution in [0.5, 0.6) is 0 Å². The molecule has 0 spiro atoms. The molecule has 0 unspecified atom stereocenters. The van der Waals surface area contributed by atoms with Crippen LogP contribution in [0.4, 0.5) is 23.1 Å². The minimum Gasteiger partial charge on any atom is -0.345 e. The van der Waals surface area contributed by atoms with Gasteiger partial charge in [-0.3, -0.25) is 4.79 Å². The van der Waals surface area contributed by atoms with Crippen molar-refractivity contribution < 1.29 is 17.8 Å². The van der Waals surface area contributed by atoms with E-state index in [1.54, 1.807) is 69.6 Å². The highest BCUT2D eigenvalue weighted by molar-refractivity contribution is 7.92. The van der Waals surface area contributed by atoms with E-state index in [1.165, 1.54) is 0 Å². The standard InChI is InChI=1S/C29H38N5O4PS/c1-20(2)40(37,38)26-9-7-6-8-25(26)32-28-24(22-12-13-22)19-30-29(33-28)31-23-14-10-21(11-15-23)18-27(35)34(3)16-17-39(4,5)36/h6-11,14-15,19-20,22H,12-13,16-18H2,1-5H3,(H2,30,31,32,33). The molecule has 1 aromatic heterocycles. The third-order valence-corrected chi connectivity index (χ3v) is 10.4. The lowest BCUT2D eigenvalue weighted by Gasteiger charge is -2.18. The molecule has 0 bridgehead atoms. The Hall–Kier alpha value is -3.23. The second-order valence-electron chi connectivity index (χ2n) is 11.1.